The number of halogens is 1. The third-order valence-electron chi connectivity index (χ3n) is 3.76. The van der Waals surface area contributed by atoms with Crippen LogP contribution in [0.1, 0.15) is 25.7 Å². The highest BCUT2D eigenvalue weighted by Crippen LogP contribution is 2.25. The number of rotatable bonds is 4. The quantitative estimate of drug-likeness (QED) is 0.840. The Morgan fingerprint density at radius 3 is 2.65 bits per heavy atom. The molecule has 3 nitrogen and oxygen atoms in total. The summed E-state index contributed by atoms with van der Waals surface area (Å²) in [6.45, 7) is 0. The number of carbonyl (C=O) groups excluding carboxylic acids is 1. The molecule has 0 aromatic heterocycles. The molecule has 2 atom stereocenters. The van der Waals surface area contributed by atoms with E-state index in [1.165, 1.54) is 11.8 Å². The minimum Gasteiger partial charge on any atom is -0.391 e. The van der Waals surface area contributed by atoms with Crippen LogP contribution in [0.25, 0.3) is 0 Å². The number of thioether (sulfide) groups is 1. The molecule has 1 saturated carbocycles. The standard InChI is InChI=1S/C15H20BrNO2S/c1-17(13-4-2-3-5-14(13)18)15(19)10-20-12-8-6-11(16)7-9-12/h6-9,13-14,18H,2-5,10H2,1H3. The van der Waals surface area contributed by atoms with Gasteiger partial charge in [-0.15, -0.1) is 11.8 Å². The zero-order chi connectivity index (χ0) is 14.5. The molecule has 2 unspecified atom stereocenters. The average molecular weight is 358 g/mol. The van der Waals surface area contributed by atoms with Gasteiger partial charge in [-0.3, -0.25) is 4.79 Å². The van der Waals surface area contributed by atoms with Crippen molar-refractivity contribution in [2.45, 2.75) is 42.7 Å². The Hall–Kier alpha value is -0.520. The number of hydrogen-bond donors (Lipinski definition) is 1. The van der Waals surface area contributed by atoms with Crippen LogP contribution in [0.5, 0.6) is 0 Å². The summed E-state index contributed by atoms with van der Waals surface area (Å²) < 4.78 is 1.04. The lowest BCUT2D eigenvalue weighted by Crippen LogP contribution is -2.46. The third-order valence-corrected chi connectivity index (χ3v) is 5.29. The number of carbonyl (C=O) groups is 1. The first-order valence-corrected chi connectivity index (χ1v) is 8.68. The Morgan fingerprint density at radius 1 is 1.35 bits per heavy atom. The monoisotopic (exact) mass is 357 g/mol. The highest BCUT2D eigenvalue weighted by Gasteiger charge is 2.29. The molecule has 0 bridgehead atoms. The van der Waals surface area contributed by atoms with Gasteiger partial charge in [0, 0.05) is 16.4 Å². The van der Waals surface area contributed by atoms with Crippen molar-refractivity contribution < 1.29 is 9.90 Å². The number of amides is 1. The fraction of sp³-hybridized carbons (Fsp3) is 0.533. The molecule has 5 heteroatoms. The molecular weight excluding hydrogens is 338 g/mol. The van der Waals surface area contributed by atoms with Gasteiger partial charge in [0.2, 0.25) is 5.91 Å². The topological polar surface area (TPSA) is 40.5 Å². The average Bonchev–Trinajstić information content (AvgIpc) is 2.46. The summed E-state index contributed by atoms with van der Waals surface area (Å²) in [5, 5.41) is 10.00. The van der Waals surface area contributed by atoms with Crippen molar-refractivity contribution in [3.05, 3.63) is 28.7 Å². The SMILES string of the molecule is CN(C(=O)CSc1ccc(Br)cc1)C1CCCCC1O. The highest BCUT2D eigenvalue weighted by atomic mass is 79.9. The van der Waals surface area contributed by atoms with Gasteiger partial charge in [-0.2, -0.15) is 0 Å². The van der Waals surface area contributed by atoms with Gasteiger partial charge >= 0.3 is 0 Å². The fourth-order valence-corrected chi connectivity index (χ4v) is 3.59. The molecule has 0 spiro atoms. The lowest BCUT2D eigenvalue weighted by atomic mass is 9.91. The summed E-state index contributed by atoms with van der Waals surface area (Å²) in [5.74, 6) is 0.505. The molecule has 1 N–H and O–H groups in total. The van der Waals surface area contributed by atoms with E-state index >= 15 is 0 Å². The van der Waals surface area contributed by atoms with E-state index in [9.17, 15) is 9.90 Å². The van der Waals surface area contributed by atoms with Crippen LogP contribution in [-0.2, 0) is 4.79 Å². The minimum absolute atomic E-state index is 0.0123. The molecule has 110 valence electrons. The lowest BCUT2D eigenvalue weighted by Gasteiger charge is -2.35. The van der Waals surface area contributed by atoms with Gasteiger partial charge in [0.15, 0.2) is 0 Å². The van der Waals surface area contributed by atoms with E-state index in [4.69, 9.17) is 0 Å². The smallest absolute Gasteiger partial charge is 0.233 e. The predicted molar refractivity (Wildman–Crippen MR) is 85.9 cm³/mol. The largest absolute Gasteiger partial charge is 0.391 e. The minimum atomic E-state index is -0.365. The first kappa shape index (κ1) is 15.9. The van der Waals surface area contributed by atoms with E-state index in [1.807, 2.05) is 31.3 Å². The van der Waals surface area contributed by atoms with E-state index in [2.05, 4.69) is 15.9 Å². The van der Waals surface area contributed by atoms with Crippen molar-refractivity contribution in [1.29, 1.82) is 0 Å². The van der Waals surface area contributed by atoms with Gasteiger partial charge in [0.05, 0.1) is 17.9 Å². The van der Waals surface area contributed by atoms with Crippen LogP contribution >= 0.6 is 27.7 Å². The molecule has 0 radical (unpaired) electrons. The molecule has 1 aromatic carbocycles. The van der Waals surface area contributed by atoms with Crippen LogP contribution in [0.2, 0.25) is 0 Å². The number of benzene rings is 1. The number of nitrogens with zero attached hydrogens (tertiary/aromatic N) is 1. The van der Waals surface area contributed by atoms with Crippen molar-refractivity contribution in [2.24, 2.45) is 0 Å². The van der Waals surface area contributed by atoms with Crippen LogP contribution in [-0.4, -0.2) is 40.9 Å². The molecule has 1 fully saturated rings. The maximum atomic E-state index is 12.2. The van der Waals surface area contributed by atoms with Crippen molar-refractivity contribution >= 4 is 33.6 Å². The van der Waals surface area contributed by atoms with Gasteiger partial charge in [0.1, 0.15) is 0 Å². The van der Waals surface area contributed by atoms with Gasteiger partial charge < -0.3 is 10.0 Å². The van der Waals surface area contributed by atoms with Crippen molar-refractivity contribution in [3.63, 3.8) is 0 Å². The predicted octanol–water partition coefficient (Wildman–Crippen LogP) is 3.30. The Morgan fingerprint density at radius 2 is 2.00 bits per heavy atom. The van der Waals surface area contributed by atoms with E-state index in [0.29, 0.717) is 5.75 Å². The normalized spacial score (nSPS) is 22.6. The molecule has 0 heterocycles. The van der Waals surface area contributed by atoms with Gasteiger partial charge in [-0.1, -0.05) is 28.8 Å². The summed E-state index contributed by atoms with van der Waals surface area (Å²) in [6.07, 6.45) is 3.51. The summed E-state index contributed by atoms with van der Waals surface area (Å²) in [5.41, 5.74) is 0. The third kappa shape index (κ3) is 4.24. The van der Waals surface area contributed by atoms with Crippen molar-refractivity contribution in [2.75, 3.05) is 12.8 Å². The van der Waals surface area contributed by atoms with Gasteiger partial charge in [0.25, 0.3) is 0 Å². The molecule has 2 rings (SSSR count). The maximum absolute atomic E-state index is 12.2. The zero-order valence-electron chi connectivity index (χ0n) is 11.6. The first-order chi connectivity index (χ1) is 9.58. The van der Waals surface area contributed by atoms with E-state index in [1.54, 1.807) is 4.90 Å². The Kier molecular flexibility index (Phi) is 5.93. The second-order valence-corrected chi connectivity index (χ2v) is 7.13. The molecule has 1 aliphatic carbocycles. The number of aliphatic hydroxyl groups is 1. The molecule has 0 saturated heterocycles. The van der Waals surface area contributed by atoms with Crippen molar-refractivity contribution in [3.8, 4) is 0 Å². The highest BCUT2D eigenvalue weighted by molar-refractivity contribution is 9.10. The van der Waals surface area contributed by atoms with Crippen LogP contribution < -0.4 is 0 Å². The molecule has 1 aliphatic rings. The zero-order valence-corrected chi connectivity index (χ0v) is 14.0. The van der Waals surface area contributed by atoms with Crippen LogP contribution in [0.15, 0.2) is 33.6 Å². The van der Waals surface area contributed by atoms with E-state index < -0.39 is 0 Å². The van der Waals surface area contributed by atoms with Gasteiger partial charge in [-0.25, -0.2) is 0 Å². The summed E-state index contributed by atoms with van der Waals surface area (Å²) in [4.78, 5) is 15.0. The van der Waals surface area contributed by atoms with Crippen LogP contribution in [0, 0.1) is 0 Å². The summed E-state index contributed by atoms with van der Waals surface area (Å²) in [6, 6.07) is 7.93. The van der Waals surface area contributed by atoms with Gasteiger partial charge in [-0.05, 0) is 37.1 Å². The van der Waals surface area contributed by atoms with Crippen molar-refractivity contribution in [1.82, 2.24) is 4.90 Å². The number of aliphatic hydroxyl groups excluding tert-OH is 1. The van der Waals surface area contributed by atoms with E-state index in [0.717, 1.165) is 35.1 Å². The molecule has 0 aliphatic heterocycles. The van der Waals surface area contributed by atoms with E-state index in [-0.39, 0.29) is 18.1 Å². The fourth-order valence-electron chi connectivity index (χ4n) is 2.51. The Balaban J connectivity index is 1.86. The Bertz CT molecular complexity index is 452. The molecule has 1 amide bonds. The molecular formula is C15H20BrNO2S. The second-order valence-electron chi connectivity index (χ2n) is 5.17. The summed E-state index contributed by atoms with van der Waals surface area (Å²) >= 11 is 4.93. The summed E-state index contributed by atoms with van der Waals surface area (Å²) in [7, 11) is 1.81. The van der Waals surface area contributed by atoms with Crippen LogP contribution in [0.4, 0.5) is 0 Å². The second kappa shape index (κ2) is 7.48. The molecule has 20 heavy (non-hydrogen) atoms. The van der Waals surface area contributed by atoms with Crippen LogP contribution in [0.3, 0.4) is 0 Å². The lowest BCUT2D eigenvalue weighted by molar-refractivity contribution is -0.132. The maximum Gasteiger partial charge on any atom is 0.233 e. The molecule has 1 aromatic rings. The number of hydrogen-bond acceptors (Lipinski definition) is 3. The Labute approximate surface area is 132 Å². The number of likely N-dealkylation sites (N-methyl/N-ethyl adjacent to an activating group) is 1. The first-order valence-electron chi connectivity index (χ1n) is 6.90.